The van der Waals surface area contributed by atoms with Gasteiger partial charge in [0, 0.05) is 43.6 Å². The molecule has 0 aliphatic carbocycles. The van der Waals surface area contributed by atoms with E-state index in [-0.39, 0.29) is 5.91 Å². The van der Waals surface area contributed by atoms with Crippen molar-refractivity contribution in [1.82, 2.24) is 14.7 Å². The molecule has 6 heteroatoms. The van der Waals surface area contributed by atoms with E-state index in [0.717, 1.165) is 41.9 Å². The summed E-state index contributed by atoms with van der Waals surface area (Å²) in [5.74, 6) is 0.0915. The van der Waals surface area contributed by atoms with Crippen LogP contribution in [0.4, 0.5) is 5.69 Å². The Bertz CT molecular complexity index is 988. The Morgan fingerprint density at radius 3 is 2.36 bits per heavy atom. The van der Waals surface area contributed by atoms with Crippen LogP contribution in [0.3, 0.4) is 0 Å². The second-order valence-corrected chi connectivity index (χ2v) is 8.06. The number of anilines is 1. The summed E-state index contributed by atoms with van der Waals surface area (Å²) < 4.78 is 2.70. The van der Waals surface area contributed by atoms with Crippen molar-refractivity contribution in [2.75, 3.05) is 31.1 Å². The first-order valence-corrected chi connectivity index (χ1v) is 10.2. The van der Waals surface area contributed by atoms with E-state index >= 15 is 0 Å². The third-order valence-electron chi connectivity index (χ3n) is 5.41. The highest BCUT2D eigenvalue weighted by Gasteiger charge is 2.23. The Morgan fingerprint density at radius 2 is 1.71 bits per heavy atom. The van der Waals surface area contributed by atoms with Gasteiger partial charge in [-0.15, -0.1) is 0 Å². The molecular weight excluding hydrogens is 416 g/mol. The minimum atomic E-state index is 0.0915. The normalized spacial score (nSPS) is 14.4. The molecule has 4 rings (SSSR count). The molecule has 1 aliphatic heterocycles. The number of nitrogens with zero attached hydrogens (tertiary/aromatic N) is 4. The maximum atomic E-state index is 12.9. The number of hydrogen-bond donors (Lipinski definition) is 0. The molecular formula is C22H23BrN4O. The number of aromatic nitrogens is 2. The van der Waals surface area contributed by atoms with E-state index in [1.165, 1.54) is 16.8 Å². The van der Waals surface area contributed by atoms with Gasteiger partial charge in [0.1, 0.15) is 0 Å². The Labute approximate surface area is 173 Å². The molecule has 0 bridgehead atoms. The van der Waals surface area contributed by atoms with Gasteiger partial charge >= 0.3 is 0 Å². The van der Waals surface area contributed by atoms with Crippen molar-refractivity contribution in [1.29, 1.82) is 0 Å². The lowest BCUT2D eigenvalue weighted by molar-refractivity contribution is 0.0747. The average Bonchev–Trinajstić information content (AvgIpc) is 3.16. The van der Waals surface area contributed by atoms with Crippen molar-refractivity contribution in [3.8, 4) is 5.69 Å². The molecule has 0 unspecified atom stereocenters. The van der Waals surface area contributed by atoms with Gasteiger partial charge < -0.3 is 9.80 Å². The quantitative estimate of drug-likeness (QED) is 0.614. The molecule has 28 heavy (non-hydrogen) atoms. The Kier molecular flexibility index (Phi) is 5.22. The lowest BCUT2D eigenvalue weighted by atomic mass is 10.1. The first kappa shape index (κ1) is 18.7. The van der Waals surface area contributed by atoms with Crippen LogP contribution in [-0.2, 0) is 0 Å². The predicted octanol–water partition coefficient (Wildman–Crippen LogP) is 4.21. The molecule has 144 valence electrons. The van der Waals surface area contributed by atoms with Crippen LogP contribution >= 0.6 is 15.9 Å². The van der Waals surface area contributed by atoms with Gasteiger partial charge in [-0.1, -0.05) is 12.1 Å². The number of halogens is 1. The molecule has 5 nitrogen and oxygen atoms in total. The van der Waals surface area contributed by atoms with Crippen molar-refractivity contribution in [3.05, 3.63) is 76.0 Å². The summed E-state index contributed by atoms with van der Waals surface area (Å²) in [5, 5.41) is 4.27. The fraction of sp³-hybridized carbons (Fsp3) is 0.273. The number of hydrogen-bond acceptors (Lipinski definition) is 3. The number of carbonyl (C=O) groups is 1. The Hall–Kier alpha value is -2.60. The minimum Gasteiger partial charge on any atom is -0.368 e. The molecule has 2 aromatic carbocycles. The molecule has 1 amide bonds. The van der Waals surface area contributed by atoms with Crippen molar-refractivity contribution >= 4 is 27.5 Å². The zero-order valence-corrected chi connectivity index (χ0v) is 17.7. The summed E-state index contributed by atoms with van der Waals surface area (Å²) in [5.41, 5.74) is 5.56. The van der Waals surface area contributed by atoms with Crippen LogP contribution in [0.1, 0.15) is 21.5 Å². The third kappa shape index (κ3) is 3.69. The maximum Gasteiger partial charge on any atom is 0.253 e. The molecule has 0 saturated carbocycles. The van der Waals surface area contributed by atoms with Crippen LogP contribution in [0.15, 0.2) is 59.3 Å². The van der Waals surface area contributed by atoms with E-state index in [4.69, 9.17) is 0 Å². The van der Waals surface area contributed by atoms with Crippen LogP contribution in [-0.4, -0.2) is 46.8 Å². The largest absolute Gasteiger partial charge is 0.368 e. The van der Waals surface area contributed by atoms with Gasteiger partial charge in [0.05, 0.1) is 16.4 Å². The lowest BCUT2D eigenvalue weighted by Crippen LogP contribution is -2.49. The molecule has 1 saturated heterocycles. The summed E-state index contributed by atoms with van der Waals surface area (Å²) in [6, 6.07) is 14.0. The van der Waals surface area contributed by atoms with Crippen LogP contribution in [0.2, 0.25) is 0 Å². The van der Waals surface area contributed by atoms with Crippen LogP contribution < -0.4 is 4.90 Å². The van der Waals surface area contributed by atoms with Gasteiger partial charge in [0.2, 0.25) is 0 Å². The first-order chi connectivity index (χ1) is 13.5. The Balaban J connectivity index is 1.42. The highest BCUT2D eigenvalue weighted by Crippen LogP contribution is 2.24. The average molecular weight is 439 g/mol. The van der Waals surface area contributed by atoms with E-state index in [1.54, 1.807) is 10.9 Å². The lowest BCUT2D eigenvalue weighted by Gasteiger charge is -2.37. The van der Waals surface area contributed by atoms with Crippen molar-refractivity contribution < 1.29 is 4.79 Å². The number of benzene rings is 2. The number of rotatable bonds is 3. The van der Waals surface area contributed by atoms with Gasteiger partial charge in [0.25, 0.3) is 5.91 Å². The zero-order chi connectivity index (χ0) is 19.7. The molecule has 1 fully saturated rings. The van der Waals surface area contributed by atoms with Crippen molar-refractivity contribution in [3.63, 3.8) is 0 Å². The fourth-order valence-electron chi connectivity index (χ4n) is 3.61. The molecule has 0 radical (unpaired) electrons. The summed E-state index contributed by atoms with van der Waals surface area (Å²) in [6.07, 6.45) is 3.64. The van der Waals surface area contributed by atoms with Gasteiger partial charge in [-0.05, 0) is 71.2 Å². The molecule has 0 spiro atoms. The molecule has 1 aromatic heterocycles. The number of piperazine rings is 1. The summed E-state index contributed by atoms with van der Waals surface area (Å²) in [7, 11) is 0. The van der Waals surface area contributed by atoms with Gasteiger partial charge in [-0.25, -0.2) is 4.68 Å². The highest BCUT2D eigenvalue weighted by molar-refractivity contribution is 9.10. The van der Waals surface area contributed by atoms with E-state index in [1.807, 2.05) is 35.4 Å². The zero-order valence-electron chi connectivity index (χ0n) is 16.1. The maximum absolute atomic E-state index is 12.9. The standard InChI is InChI=1S/C22H23BrN4O/c1-16-4-3-5-21(17(16)2)25-10-12-26(13-11-25)22(28)18-6-8-20(9-7-18)27-15-19(23)14-24-27/h3-9,14-15H,10-13H2,1-2H3. The van der Waals surface area contributed by atoms with Crippen LogP contribution in [0.25, 0.3) is 5.69 Å². The molecule has 2 heterocycles. The molecule has 1 aliphatic rings. The van der Waals surface area contributed by atoms with Gasteiger partial charge in [0.15, 0.2) is 0 Å². The summed E-state index contributed by atoms with van der Waals surface area (Å²) in [6.45, 7) is 7.50. The molecule has 0 atom stereocenters. The third-order valence-corrected chi connectivity index (χ3v) is 5.82. The van der Waals surface area contributed by atoms with E-state index in [0.29, 0.717) is 0 Å². The monoisotopic (exact) mass is 438 g/mol. The minimum absolute atomic E-state index is 0.0915. The van der Waals surface area contributed by atoms with Gasteiger partial charge in [-0.2, -0.15) is 5.10 Å². The van der Waals surface area contributed by atoms with Crippen LogP contribution in [0.5, 0.6) is 0 Å². The second-order valence-electron chi connectivity index (χ2n) is 7.15. The van der Waals surface area contributed by atoms with E-state index < -0.39 is 0 Å². The Morgan fingerprint density at radius 1 is 1.00 bits per heavy atom. The van der Waals surface area contributed by atoms with Crippen molar-refractivity contribution in [2.24, 2.45) is 0 Å². The number of amides is 1. The second kappa shape index (κ2) is 7.80. The van der Waals surface area contributed by atoms with Crippen molar-refractivity contribution in [2.45, 2.75) is 13.8 Å². The summed E-state index contributed by atoms with van der Waals surface area (Å²) >= 11 is 3.40. The fourth-order valence-corrected chi connectivity index (χ4v) is 3.90. The first-order valence-electron chi connectivity index (χ1n) is 9.44. The van der Waals surface area contributed by atoms with Gasteiger partial charge in [-0.3, -0.25) is 4.79 Å². The smallest absolute Gasteiger partial charge is 0.253 e. The topological polar surface area (TPSA) is 41.4 Å². The predicted molar refractivity (Wildman–Crippen MR) is 115 cm³/mol. The molecule has 0 N–H and O–H groups in total. The summed E-state index contributed by atoms with van der Waals surface area (Å²) in [4.78, 5) is 17.2. The number of aryl methyl sites for hydroxylation is 1. The van der Waals surface area contributed by atoms with E-state index in [9.17, 15) is 4.79 Å². The van der Waals surface area contributed by atoms with Crippen LogP contribution in [0, 0.1) is 13.8 Å². The molecule has 3 aromatic rings. The highest BCUT2D eigenvalue weighted by atomic mass is 79.9. The SMILES string of the molecule is Cc1cccc(N2CCN(C(=O)c3ccc(-n4cc(Br)cn4)cc3)CC2)c1C. The number of carbonyl (C=O) groups excluding carboxylic acids is 1. The van der Waals surface area contributed by atoms with E-state index in [2.05, 4.69) is 58.0 Å².